The van der Waals surface area contributed by atoms with Gasteiger partial charge in [0.1, 0.15) is 0 Å². The summed E-state index contributed by atoms with van der Waals surface area (Å²) < 4.78 is 1.30. The van der Waals surface area contributed by atoms with Gasteiger partial charge in [-0.25, -0.2) is 4.98 Å². The highest BCUT2D eigenvalue weighted by atomic mass is 35.5. The lowest BCUT2D eigenvalue weighted by Crippen LogP contribution is -2.23. The van der Waals surface area contributed by atoms with Crippen LogP contribution in [0.5, 0.6) is 0 Å². The number of nitrogens with one attached hydrogen (secondary N) is 3. The van der Waals surface area contributed by atoms with Gasteiger partial charge in [0.05, 0.1) is 5.69 Å². The molecule has 2 aromatic carbocycles. The summed E-state index contributed by atoms with van der Waals surface area (Å²) in [5.74, 6) is 0.532. The highest BCUT2D eigenvalue weighted by Crippen LogP contribution is 2.20. The molecular weight excluding hydrogens is 428 g/mol. The monoisotopic (exact) mass is 450 g/mol. The van der Waals surface area contributed by atoms with Crippen LogP contribution in [0, 0.1) is 13.8 Å². The lowest BCUT2D eigenvalue weighted by Gasteiger charge is -2.09. The Kier molecular flexibility index (Phi) is 6.23. The average Bonchev–Trinajstić information content (AvgIpc) is 3.18. The Morgan fingerprint density at radius 3 is 2.69 bits per heavy atom. The lowest BCUT2D eigenvalue weighted by atomic mass is 10.1. The van der Waals surface area contributed by atoms with E-state index in [0.717, 1.165) is 11.1 Å². The highest BCUT2D eigenvalue weighted by molar-refractivity contribution is 6.31. The number of H-pyrrole nitrogens is 1. The van der Waals surface area contributed by atoms with Crippen LogP contribution in [0.15, 0.2) is 53.3 Å². The molecule has 0 aliphatic heterocycles. The van der Waals surface area contributed by atoms with Gasteiger partial charge in [-0.05, 0) is 43.5 Å². The number of benzene rings is 2. The average molecular weight is 451 g/mol. The van der Waals surface area contributed by atoms with Gasteiger partial charge < -0.3 is 10.6 Å². The summed E-state index contributed by atoms with van der Waals surface area (Å²) in [6.07, 6.45) is 0.404. The smallest absolute Gasteiger partial charge is 0.277 e. The zero-order valence-corrected chi connectivity index (χ0v) is 18.5. The summed E-state index contributed by atoms with van der Waals surface area (Å²) in [6.45, 7) is 4.20. The molecule has 0 fully saturated rings. The first-order valence-corrected chi connectivity index (χ1v) is 10.6. The molecule has 9 heteroatoms. The third-order valence-electron chi connectivity index (χ3n) is 5.17. The van der Waals surface area contributed by atoms with Crippen molar-refractivity contribution >= 4 is 34.9 Å². The second kappa shape index (κ2) is 9.23. The molecule has 8 nitrogen and oxygen atoms in total. The number of hydrogen-bond acceptors (Lipinski definition) is 5. The number of fused-ring (bicyclic) bond motifs is 1. The molecule has 32 heavy (non-hydrogen) atoms. The Bertz CT molecular complexity index is 1330. The Morgan fingerprint density at radius 2 is 1.91 bits per heavy atom. The van der Waals surface area contributed by atoms with Crippen LogP contribution < -0.4 is 16.2 Å². The van der Waals surface area contributed by atoms with E-state index in [1.54, 1.807) is 19.1 Å². The maximum atomic E-state index is 13.0. The van der Waals surface area contributed by atoms with Crippen LogP contribution >= 0.6 is 11.6 Å². The molecule has 1 amide bonds. The van der Waals surface area contributed by atoms with E-state index in [2.05, 4.69) is 25.7 Å². The summed E-state index contributed by atoms with van der Waals surface area (Å²) in [5.41, 5.74) is 3.43. The number of carbonyl (C=O) groups excluding carboxylic acids is 1. The first-order valence-electron chi connectivity index (χ1n) is 10.2. The van der Waals surface area contributed by atoms with Crippen LogP contribution in [0.25, 0.3) is 5.78 Å². The number of aryl methyl sites for hydroxylation is 2. The van der Waals surface area contributed by atoms with Crippen molar-refractivity contribution in [2.24, 2.45) is 0 Å². The van der Waals surface area contributed by atoms with E-state index in [9.17, 15) is 9.59 Å². The molecule has 2 aromatic heterocycles. The predicted molar refractivity (Wildman–Crippen MR) is 125 cm³/mol. The minimum Gasteiger partial charge on any atom is -0.351 e. The number of aromatic nitrogens is 4. The van der Waals surface area contributed by atoms with Crippen LogP contribution in [0.2, 0.25) is 5.02 Å². The summed E-state index contributed by atoms with van der Waals surface area (Å²) in [4.78, 5) is 34.2. The quantitative estimate of drug-likeness (QED) is 0.396. The van der Waals surface area contributed by atoms with E-state index in [4.69, 9.17) is 11.6 Å². The fourth-order valence-electron chi connectivity index (χ4n) is 3.38. The number of anilines is 2. The van der Waals surface area contributed by atoms with Crippen molar-refractivity contribution in [1.82, 2.24) is 19.6 Å². The van der Waals surface area contributed by atoms with E-state index >= 15 is 0 Å². The van der Waals surface area contributed by atoms with E-state index in [1.165, 1.54) is 4.52 Å². The molecule has 0 saturated heterocycles. The molecule has 0 atom stereocenters. The van der Waals surface area contributed by atoms with Gasteiger partial charge in [0.25, 0.3) is 11.3 Å². The predicted octanol–water partition coefficient (Wildman–Crippen LogP) is 3.87. The van der Waals surface area contributed by atoms with Crippen molar-refractivity contribution in [3.63, 3.8) is 0 Å². The van der Waals surface area contributed by atoms with Crippen molar-refractivity contribution in [2.45, 2.75) is 33.2 Å². The second-order valence-corrected chi connectivity index (χ2v) is 7.97. The van der Waals surface area contributed by atoms with Crippen molar-refractivity contribution < 1.29 is 4.79 Å². The molecule has 4 rings (SSSR count). The normalized spacial score (nSPS) is 11.0. The first-order chi connectivity index (χ1) is 15.4. The standard InChI is InChI=1S/C23H23ClN6O2/c1-14-8-9-17(24)12-19(14)27-20(31)11-10-18-15(2)26-23-28-22(29-30(23)21(18)32)25-13-16-6-4-3-5-7-16/h3-9,12H,10-11,13H2,1-2H3,(H,27,31)(H2,25,26,28,29). The summed E-state index contributed by atoms with van der Waals surface area (Å²) in [5, 5.41) is 9.51. The molecule has 164 valence electrons. The summed E-state index contributed by atoms with van der Waals surface area (Å²) >= 11 is 6.01. The Morgan fingerprint density at radius 1 is 1.12 bits per heavy atom. The van der Waals surface area contributed by atoms with Gasteiger partial charge in [-0.1, -0.05) is 48.0 Å². The van der Waals surface area contributed by atoms with Crippen LogP contribution in [-0.2, 0) is 17.8 Å². The molecule has 0 spiro atoms. The molecule has 4 aromatic rings. The van der Waals surface area contributed by atoms with Crippen LogP contribution in [0.4, 0.5) is 11.6 Å². The zero-order valence-electron chi connectivity index (χ0n) is 17.8. The minimum atomic E-state index is -0.264. The molecule has 3 N–H and O–H groups in total. The van der Waals surface area contributed by atoms with E-state index in [-0.39, 0.29) is 30.1 Å². The number of halogens is 1. The van der Waals surface area contributed by atoms with E-state index < -0.39 is 0 Å². The third-order valence-corrected chi connectivity index (χ3v) is 5.41. The number of rotatable bonds is 7. The minimum absolute atomic E-state index is 0.142. The van der Waals surface area contributed by atoms with Crippen molar-refractivity contribution in [2.75, 3.05) is 10.6 Å². The number of carbonyl (C=O) groups is 1. The topological polar surface area (TPSA) is 104 Å². The molecule has 0 saturated carbocycles. The largest absolute Gasteiger partial charge is 0.351 e. The number of nitrogens with zero attached hydrogens (tertiary/aromatic N) is 3. The van der Waals surface area contributed by atoms with Gasteiger partial charge in [0.2, 0.25) is 11.9 Å². The van der Waals surface area contributed by atoms with Crippen molar-refractivity contribution in [3.8, 4) is 0 Å². The number of aromatic amines is 1. The van der Waals surface area contributed by atoms with Crippen molar-refractivity contribution in [1.29, 1.82) is 0 Å². The van der Waals surface area contributed by atoms with Gasteiger partial charge >= 0.3 is 0 Å². The second-order valence-electron chi connectivity index (χ2n) is 7.54. The molecular formula is C23H23ClN6O2. The highest BCUT2D eigenvalue weighted by Gasteiger charge is 2.15. The molecule has 0 aliphatic carbocycles. The Hall–Kier alpha value is -3.65. The SMILES string of the molecule is Cc1ccc(Cl)cc1NC(=O)CCc1c(C)nc2nc(NCc3ccccc3)[nH]n2c1=O. The molecule has 0 radical (unpaired) electrons. The summed E-state index contributed by atoms with van der Waals surface area (Å²) in [6, 6.07) is 15.2. The van der Waals surface area contributed by atoms with E-state index in [0.29, 0.717) is 34.5 Å². The van der Waals surface area contributed by atoms with Crippen LogP contribution in [0.1, 0.15) is 28.8 Å². The third kappa shape index (κ3) is 4.81. The maximum absolute atomic E-state index is 13.0. The Balaban J connectivity index is 1.47. The molecule has 0 bridgehead atoms. The van der Waals surface area contributed by atoms with Crippen LogP contribution in [-0.4, -0.2) is 25.5 Å². The fraction of sp³-hybridized carbons (Fsp3) is 0.217. The van der Waals surface area contributed by atoms with Gasteiger partial charge in [-0.2, -0.15) is 9.50 Å². The fourth-order valence-corrected chi connectivity index (χ4v) is 3.56. The number of hydrogen-bond donors (Lipinski definition) is 3. The maximum Gasteiger partial charge on any atom is 0.277 e. The number of amides is 1. The molecule has 2 heterocycles. The molecule has 0 unspecified atom stereocenters. The van der Waals surface area contributed by atoms with Crippen molar-refractivity contribution in [3.05, 3.63) is 86.3 Å². The van der Waals surface area contributed by atoms with Gasteiger partial charge in [-0.15, -0.1) is 0 Å². The van der Waals surface area contributed by atoms with Gasteiger partial charge in [-0.3, -0.25) is 14.7 Å². The van der Waals surface area contributed by atoms with Gasteiger partial charge in [0, 0.05) is 29.2 Å². The Labute approximate surface area is 189 Å². The lowest BCUT2D eigenvalue weighted by molar-refractivity contribution is -0.116. The zero-order chi connectivity index (χ0) is 22.7. The van der Waals surface area contributed by atoms with Crippen LogP contribution in [0.3, 0.4) is 0 Å². The van der Waals surface area contributed by atoms with Gasteiger partial charge in [0.15, 0.2) is 0 Å². The van der Waals surface area contributed by atoms with E-state index in [1.807, 2.05) is 43.3 Å². The molecule has 0 aliphatic rings. The summed E-state index contributed by atoms with van der Waals surface area (Å²) in [7, 11) is 0. The first kappa shape index (κ1) is 21.6.